The third-order valence-corrected chi connectivity index (χ3v) is 3.53. The largest absolute Gasteiger partial charge is 0.310 e. The molecule has 0 aliphatic carbocycles. The highest BCUT2D eigenvalue weighted by molar-refractivity contribution is 4.66. The maximum atomic E-state index is 2.66. The van der Waals surface area contributed by atoms with Crippen molar-refractivity contribution >= 4 is 0 Å². The summed E-state index contributed by atoms with van der Waals surface area (Å²) in [7, 11) is 0. The lowest BCUT2D eigenvalue weighted by molar-refractivity contribution is -0.909. The van der Waals surface area contributed by atoms with Crippen molar-refractivity contribution in [2.24, 2.45) is 5.92 Å². The fourth-order valence-electron chi connectivity index (χ4n) is 2.96. The first-order chi connectivity index (χ1) is 6.20. The molecule has 2 nitrogen and oxygen atoms in total. The van der Waals surface area contributed by atoms with Crippen molar-refractivity contribution in [3.63, 3.8) is 0 Å². The zero-order valence-corrected chi connectivity index (χ0v) is 9.13. The second kappa shape index (κ2) is 3.58. The highest BCUT2D eigenvalue weighted by Gasteiger charge is 2.38. The summed E-state index contributed by atoms with van der Waals surface area (Å²) in [5.41, 5.74) is 0. The molecule has 0 saturated carbocycles. The van der Waals surface area contributed by atoms with Gasteiger partial charge in [0.1, 0.15) is 6.67 Å². The van der Waals surface area contributed by atoms with Gasteiger partial charge >= 0.3 is 0 Å². The van der Waals surface area contributed by atoms with Crippen molar-refractivity contribution in [2.75, 3.05) is 39.4 Å². The first-order valence-corrected chi connectivity index (χ1v) is 5.78. The van der Waals surface area contributed by atoms with Crippen molar-refractivity contribution in [3.8, 4) is 0 Å². The van der Waals surface area contributed by atoms with Crippen LogP contribution in [0, 0.1) is 5.92 Å². The maximum Gasteiger partial charge on any atom is 0.135 e. The van der Waals surface area contributed by atoms with Crippen LogP contribution in [0.3, 0.4) is 0 Å². The van der Waals surface area contributed by atoms with Gasteiger partial charge in [0.2, 0.25) is 0 Å². The van der Waals surface area contributed by atoms with E-state index in [1.54, 1.807) is 0 Å². The van der Waals surface area contributed by atoms with Gasteiger partial charge in [0.25, 0.3) is 0 Å². The molecule has 0 amide bonds. The number of rotatable bonds is 2. The van der Waals surface area contributed by atoms with Gasteiger partial charge in [0.05, 0.1) is 26.2 Å². The molecule has 2 rings (SSSR count). The minimum Gasteiger partial charge on any atom is -0.310 e. The Balaban J connectivity index is 1.86. The first kappa shape index (κ1) is 9.47. The first-order valence-electron chi connectivity index (χ1n) is 5.78. The molecular formula is C11H23N2+. The summed E-state index contributed by atoms with van der Waals surface area (Å²) in [5.74, 6) is 0.834. The summed E-state index contributed by atoms with van der Waals surface area (Å²) >= 11 is 0. The minimum absolute atomic E-state index is 0.834. The van der Waals surface area contributed by atoms with Crippen molar-refractivity contribution < 1.29 is 4.48 Å². The Morgan fingerprint density at radius 3 is 2.46 bits per heavy atom. The van der Waals surface area contributed by atoms with Crippen LogP contribution in [0.25, 0.3) is 0 Å². The summed E-state index contributed by atoms with van der Waals surface area (Å²) in [4.78, 5) is 2.66. The molecule has 1 spiro atoms. The molecule has 0 N–H and O–H groups in total. The quantitative estimate of drug-likeness (QED) is 0.587. The molecule has 0 aromatic carbocycles. The van der Waals surface area contributed by atoms with Crippen LogP contribution in [-0.4, -0.2) is 48.8 Å². The van der Waals surface area contributed by atoms with E-state index in [0.717, 1.165) is 5.92 Å². The second-order valence-corrected chi connectivity index (χ2v) is 5.33. The van der Waals surface area contributed by atoms with Crippen molar-refractivity contribution in [1.82, 2.24) is 4.90 Å². The van der Waals surface area contributed by atoms with Crippen LogP contribution in [0.2, 0.25) is 0 Å². The average Bonchev–Trinajstić information content (AvgIpc) is 2.63. The van der Waals surface area contributed by atoms with Crippen LogP contribution in [-0.2, 0) is 0 Å². The van der Waals surface area contributed by atoms with Crippen LogP contribution in [0.4, 0.5) is 0 Å². The smallest absolute Gasteiger partial charge is 0.135 e. The summed E-state index contributed by atoms with van der Waals surface area (Å²) in [6.45, 7) is 13.0. The molecule has 0 unspecified atom stereocenters. The molecule has 2 heteroatoms. The van der Waals surface area contributed by atoms with E-state index in [1.807, 2.05) is 0 Å². The van der Waals surface area contributed by atoms with E-state index in [2.05, 4.69) is 18.7 Å². The molecule has 0 atom stereocenters. The lowest BCUT2D eigenvalue weighted by Crippen LogP contribution is -2.44. The Morgan fingerprint density at radius 1 is 1.15 bits per heavy atom. The average molecular weight is 183 g/mol. The monoisotopic (exact) mass is 183 g/mol. The number of hydrogen-bond acceptors (Lipinski definition) is 1. The van der Waals surface area contributed by atoms with Gasteiger partial charge < -0.3 is 4.48 Å². The van der Waals surface area contributed by atoms with Gasteiger partial charge in [-0.2, -0.15) is 0 Å². The van der Waals surface area contributed by atoms with Gasteiger partial charge in [-0.05, 0) is 5.92 Å². The van der Waals surface area contributed by atoms with E-state index in [0.29, 0.717) is 0 Å². The Kier molecular flexibility index (Phi) is 2.61. The van der Waals surface area contributed by atoms with Gasteiger partial charge in [-0.3, -0.25) is 4.90 Å². The Morgan fingerprint density at radius 2 is 1.85 bits per heavy atom. The van der Waals surface area contributed by atoms with E-state index in [1.165, 1.54) is 56.7 Å². The summed E-state index contributed by atoms with van der Waals surface area (Å²) in [6.07, 6.45) is 2.94. The topological polar surface area (TPSA) is 3.24 Å². The third kappa shape index (κ3) is 2.05. The number of hydrogen-bond donors (Lipinski definition) is 0. The van der Waals surface area contributed by atoms with Gasteiger partial charge in [0.15, 0.2) is 0 Å². The zero-order chi connectivity index (χ0) is 9.31. The third-order valence-electron chi connectivity index (χ3n) is 3.53. The van der Waals surface area contributed by atoms with E-state index < -0.39 is 0 Å². The SMILES string of the molecule is CC(C)CN1CC[N+]2(CCCC2)C1. The lowest BCUT2D eigenvalue weighted by Gasteiger charge is -2.29. The van der Waals surface area contributed by atoms with E-state index in [-0.39, 0.29) is 0 Å². The molecule has 2 aliphatic heterocycles. The zero-order valence-electron chi connectivity index (χ0n) is 9.13. The molecule has 0 aromatic heterocycles. The second-order valence-electron chi connectivity index (χ2n) is 5.33. The molecule has 0 aromatic rings. The van der Waals surface area contributed by atoms with Crippen LogP contribution < -0.4 is 0 Å². The highest BCUT2D eigenvalue weighted by Crippen LogP contribution is 2.24. The maximum absolute atomic E-state index is 2.66. The van der Waals surface area contributed by atoms with Crippen LogP contribution >= 0.6 is 0 Å². The van der Waals surface area contributed by atoms with Gasteiger partial charge in [-0.15, -0.1) is 0 Å². The Labute approximate surface area is 82.1 Å². The molecular weight excluding hydrogens is 160 g/mol. The number of quaternary nitrogens is 1. The molecule has 2 heterocycles. The highest BCUT2D eigenvalue weighted by atomic mass is 15.5. The molecule has 2 fully saturated rings. The van der Waals surface area contributed by atoms with E-state index in [9.17, 15) is 0 Å². The summed E-state index contributed by atoms with van der Waals surface area (Å²) in [5, 5.41) is 0. The van der Waals surface area contributed by atoms with Gasteiger partial charge in [-0.1, -0.05) is 13.8 Å². The van der Waals surface area contributed by atoms with Crippen LogP contribution in [0.1, 0.15) is 26.7 Å². The predicted octanol–water partition coefficient (Wildman–Crippen LogP) is 1.53. The van der Waals surface area contributed by atoms with Gasteiger partial charge in [0, 0.05) is 19.4 Å². The predicted molar refractivity (Wildman–Crippen MR) is 55.4 cm³/mol. The molecule has 0 bridgehead atoms. The Bertz CT molecular complexity index is 171. The Hall–Kier alpha value is -0.0800. The van der Waals surface area contributed by atoms with Crippen LogP contribution in [0.5, 0.6) is 0 Å². The molecule has 0 radical (unpaired) electrons. The summed E-state index contributed by atoms with van der Waals surface area (Å²) in [6, 6.07) is 0. The van der Waals surface area contributed by atoms with Crippen molar-refractivity contribution in [1.29, 1.82) is 0 Å². The molecule has 2 saturated heterocycles. The number of nitrogens with zero attached hydrogens (tertiary/aromatic N) is 2. The van der Waals surface area contributed by atoms with Crippen molar-refractivity contribution in [3.05, 3.63) is 0 Å². The molecule has 76 valence electrons. The summed E-state index contributed by atoms with van der Waals surface area (Å²) < 4.78 is 1.42. The van der Waals surface area contributed by atoms with Gasteiger partial charge in [-0.25, -0.2) is 0 Å². The van der Waals surface area contributed by atoms with E-state index >= 15 is 0 Å². The minimum atomic E-state index is 0.834. The molecule has 2 aliphatic rings. The van der Waals surface area contributed by atoms with Crippen molar-refractivity contribution in [2.45, 2.75) is 26.7 Å². The fourth-order valence-corrected chi connectivity index (χ4v) is 2.96. The normalized spacial score (nSPS) is 27.9. The van der Waals surface area contributed by atoms with Crippen LogP contribution in [0.15, 0.2) is 0 Å². The fraction of sp³-hybridized carbons (Fsp3) is 1.00. The molecule has 13 heavy (non-hydrogen) atoms. The lowest BCUT2D eigenvalue weighted by atomic mass is 10.2. The van der Waals surface area contributed by atoms with E-state index in [4.69, 9.17) is 0 Å². The standard InChI is InChI=1S/C11H23N2/c1-11(2)9-12-5-8-13(10-12)6-3-4-7-13/h11H,3-10H2,1-2H3/q+1.